The molecule has 0 radical (unpaired) electrons. The fraction of sp³-hybridized carbons (Fsp3) is 0.611. The number of carbonyl (C=O) groups excluding carboxylic acids is 1. The van der Waals surface area contributed by atoms with E-state index in [0.29, 0.717) is 11.8 Å². The lowest BCUT2D eigenvalue weighted by Gasteiger charge is -2.26. The smallest absolute Gasteiger partial charge is 0.239 e. The van der Waals surface area contributed by atoms with Gasteiger partial charge in [-0.2, -0.15) is 0 Å². The molecule has 0 spiro atoms. The number of likely N-dealkylation sites (tertiary alicyclic amines) is 1. The molecule has 0 unspecified atom stereocenters. The van der Waals surface area contributed by atoms with Crippen LogP contribution in [0.1, 0.15) is 38.7 Å². The van der Waals surface area contributed by atoms with Crippen molar-refractivity contribution < 1.29 is 4.79 Å². The molecule has 3 heteroatoms. The number of carbonyl (C=O) groups is 1. The van der Waals surface area contributed by atoms with E-state index in [1.165, 1.54) is 5.56 Å². The second-order valence-electron chi connectivity index (χ2n) is 6.30. The van der Waals surface area contributed by atoms with Crippen LogP contribution in [0.4, 0.5) is 0 Å². The number of aryl methyl sites for hydroxylation is 1. The second-order valence-corrected chi connectivity index (χ2v) is 6.30. The lowest BCUT2D eigenvalue weighted by molar-refractivity contribution is -0.133. The molecular formula is C18H28N2O. The highest BCUT2D eigenvalue weighted by atomic mass is 16.2. The summed E-state index contributed by atoms with van der Waals surface area (Å²) in [5, 5.41) is 3.47. The van der Waals surface area contributed by atoms with E-state index in [0.717, 1.165) is 45.3 Å². The first kappa shape index (κ1) is 16.0. The summed E-state index contributed by atoms with van der Waals surface area (Å²) in [5.74, 6) is 0.636. The summed E-state index contributed by atoms with van der Waals surface area (Å²) in [7, 11) is 0. The standard InChI is InChI=1S/C18H28N2O/c1-15(2)17(18(21)20-13-6-7-14-20)19-12-8-11-16-9-4-3-5-10-16/h3-5,9-10,15,17,19H,6-8,11-14H2,1-2H3/t17-/m0/s1. The number of benzene rings is 1. The molecule has 0 bridgehead atoms. The Labute approximate surface area is 128 Å². The molecule has 3 nitrogen and oxygen atoms in total. The first-order chi connectivity index (χ1) is 10.2. The second kappa shape index (κ2) is 8.18. The normalized spacial score (nSPS) is 16.4. The van der Waals surface area contributed by atoms with E-state index in [4.69, 9.17) is 0 Å². The van der Waals surface area contributed by atoms with Crippen LogP contribution < -0.4 is 5.32 Å². The molecular weight excluding hydrogens is 260 g/mol. The van der Waals surface area contributed by atoms with Gasteiger partial charge in [-0.25, -0.2) is 0 Å². The summed E-state index contributed by atoms with van der Waals surface area (Å²) < 4.78 is 0. The Morgan fingerprint density at radius 1 is 1.19 bits per heavy atom. The van der Waals surface area contributed by atoms with Crippen LogP contribution in [0.2, 0.25) is 0 Å². The molecule has 21 heavy (non-hydrogen) atoms. The molecule has 0 aliphatic carbocycles. The van der Waals surface area contributed by atoms with Crippen molar-refractivity contribution in [1.82, 2.24) is 10.2 Å². The molecule has 1 aromatic carbocycles. The Morgan fingerprint density at radius 2 is 1.86 bits per heavy atom. The van der Waals surface area contributed by atoms with Gasteiger partial charge in [0.15, 0.2) is 0 Å². The molecule has 1 fully saturated rings. The van der Waals surface area contributed by atoms with Gasteiger partial charge in [-0.3, -0.25) is 4.79 Å². The highest BCUT2D eigenvalue weighted by Crippen LogP contribution is 2.13. The predicted molar refractivity (Wildman–Crippen MR) is 87.2 cm³/mol. The van der Waals surface area contributed by atoms with Gasteiger partial charge >= 0.3 is 0 Å². The van der Waals surface area contributed by atoms with Gasteiger partial charge in [-0.15, -0.1) is 0 Å². The maximum absolute atomic E-state index is 12.5. The van der Waals surface area contributed by atoms with Crippen molar-refractivity contribution >= 4 is 5.91 Å². The first-order valence-corrected chi connectivity index (χ1v) is 8.24. The maximum Gasteiger partial charge on any atom is 0.239 e. The lowest BCUT2D eigenvalue weighted by atomic mass is 10.0. The first-order valence-electron chi connectivity index (χ1n) is 8.24. The largest absolute Gasteiger partial charge is 0.341 e. The molecule has 0 saturated carbocycles. The monoisotopic (exact) mass is 288 g/mol. The van der Waals surface area contributed by atoms with E-state index in [9.17, 15) is 4.79 Å². The highest BCUT2D eigenvalue weighted by Gasteiger charge is 2.27. The Hall–Kier alpha value is -1.35. The van der Waals surface area contributed by atoms with Crippen molar-refractivity contribution in [2.24, 2.45) is 5.92 Å². The maximum atomic E-state index is 12.5. The van der Waals surface area contributed by atoms with Crippen molar-refractivity contribution in [2.75, 3.05) is 19.6 Å². The number of amides is 1. The van der Waals surface area contributed by atoms with Gasteiger partial charge in [-0.05, 0) is 43.7 Å². The van der Waals surface area contributed by atoms with Gasteiger partial charge < -0.3 is 10.2 Å². The third kappa shape index (κ3) is 4.85. The van der Waals surface area contributed by atoms with Crippen LogP contribution in [-0.4, -0.2) is 36.5 Å². The minimum absolute atomic E-state index is 0.0288. The van der Waals surface area contributed by atoms with Gasteiger partial charge in [0.2, 0.25) is 5.91 Å². The van der Waals surface area contributed by atoms with Crippen LogP contribution in [0.15, 0.2) is 30.3 Å². The summed E-state index contributed by atoms with van der Waals surface area (Å²) in [6, 6.07) is 10.5. The van der Waals surface area contributed by atoms with Crippen molar-refractivity contribution in [3.63, 3.8) is 0 Å². The van der Waals surface area contributed by atoms with Crippen molar-refractivity contribution in [3.05, 3.63) is 35.9 Å². The van der Waals surface area contributed by atoms with E-state index < -0.39 is 0 Å². The average Bonchev–Trinajstić information content (AvgIpc) is 3.01. The Morgan fingerprint density at radius 3 is 2.48 bits per heavy atom. The molecule has 1 aliphatic heterocycles. The van der Waals surface area contributed by atoms with Crippen molar-refractivity contribution in [1.29, 1.82) is 0 Å². The van der Waals surface area contributed by atoms with Crippen LogP contribution >= 0.6 is 0 Å². The Kier molecular flexibility index (Phi) is 6.24. The average molecular weight is 288 g/mol. The fourth-order valence-corrected chi connectivity index (χ4v) is 2.94. The minimum atomic E-state index is -0.0288. The zero-order chi connectivity index (χ0) is 15.1. The zero-order valence-electron chi connectivity index (χ0n) is 13.3. The van der Waals surface area contributed by atoms with Crippen LogP contribution in [0.5, 0.6) is 0 Å². The summed E-state index contributed by atoms with van der Waals surface area (Å²) in [4.78, 5) is 14.5. The van der Waals surface area contributed by atoms with Crippen LogP contribution in [0.25, 0.3) is 0 Å². The Balaban J connectivity index is 1.76. The molecule has 1 aliphatic rings. The number of nitrogens with one attached hydrogen (secondary N) is 1. The van der Waals surface area contributed by atoms with E-state index in [2.05, 4.69) is 43.4 Å². The zero-order valence-corrected chi connectivity index (χ0v) is 13.3. The van der Waals surface area contributed by atoms with Crippen LogP contribution in [0, 0.1) is 5.92 Å². The molecule has 1 atom stereocenters. The fourth-order valence-electron chi connectivity index (χ4n) is 2.94. The number of rotatable bonds is 7. The number of nitrogens with zero attached hydrogens (tertiary/aromatic N) is 1. The van der Waals surface area contributed by atoms with Crippen LogP contribution in [0.3, 0.4) is 0 Å². The molecule has 116 valence electrons. The topological polar surface area (TPSA) is 32.3 Å². The third-order valence-corrected chi connectivity index (χ3v) is 4.20. The van der Waals surface area contributed by atoms with E-state index in [1.54, 1.807) is 0 Å². The van der Waals surface area contributed by atoms with Gasteiger partial charge in [0.25, 0.3) is 0 Å². The Bertz CT molecular complexity index is 424. The summed E-state index contributed by atoms with van der Waals surface area (Å²) in [5.41, 5.74) is 1.37. The van der Waals surface area contributed by atoms with Gasteiger partial charge in [0.1, 0.15) is 0 Å². The van der Waals surface area contributed by atoms with Gasteiger partial charge in [-0.1, -0.05) is 44.2 Å². The molecule has 1 N–H and O–H groups in total. The minimum Gasteiger partial charge on any atom is -0.341 e. The molecule has 1 aromatic rings. The van der Waals surface area contributed by atoms with E-state index in [1.807, 2.05) is 11.0 Å². The molecule has 0 aromatic heterocycles. The summed E-state index contributed by atoms with van der Waals surface area (Å²) in [6.07, 6.45) is 4.45. The predicted octanol–water partition coefficient (Wildman–Crippen LogP) is 2.86. The van der Waals surface area contributed by atoms with Crippen molar-refractivity contribution in [2.45, 2.75) is 45.6 Å². The molecule has 2 rings (SSSR count). The SMILES string of the molecule is CC(C)[C@H](NCCCc1ccccc1)C(=O)N1CCCC1. The van der Waals surface area contributed by atoms with Gasteiger partial charge in [0, 0.05) is 13.1 Å². The number of hydrogen-bond acceptors (Lipinski definition) is 2. The quantitative estimate of drug-likeness (QED) is 0.783. The summed E-state index contributed by atoms with van der Waals surface area (Å²) in [6.45, 7) is 7.03. The third-order valence-electron chi connectivity index (χ3n) is 4.20. The van der Waals surface area contributed by atoms with E-state index >= 15 is 0 Å². The van der Waals surface area contributed by atoms with Crippen LogP contribution in [-0.2, 0) is 11.2 Å². The van der Waals surface area contributed by atoms with E-state index in [-0.39, 0.29) is 6.04 Å². The molecule has 1 heterocycles. The summed E-state index contributed by atoms with van der Waals surface area (Å²) >= 11 is 0. The molecule has 1 amide bonds. The highest BCUT2D eigenvalue weighted by molar-refractivity contribution is 5.82. The van der Waals surface area contributed by atoms with Gasteiger partial charge in [0.05, 0.1) is 6.04 Å². The number of hydrogen-bond donors (Lipinski definition) is 1. The molecule has 1 saturated heterocycles. The van der Waals surface area contributed by atoms with Crippen molar-refractivity contribution in [3.8, 4) is 0 Å². The lowest BCUT2D eigenvalue weighted by Crippen LogP contribution is -2.48.